The summed E-state index contributed by atoms with van der Waals surface area (Å²) in [6.45, 7) is 2.19. The summed E-state index contributed by atoms with van der Waals surface area (Å²) in [5, 5.41) is 0. The molecule has 0 saturated carbocycles. The highest BCUT2D eigenvalue weighted by atomic mass is 32.2. The highest BCUT2D eigenvalue weighted by molar-refractivity contribution is 7.89. The van der Waals surface area contributed by atoms with Crippen LogP contribution in [0.25, 0.3) is 0 Å². The highest BCUT2D eigenvalue weighted by Crippen LogP contribution is 2.31. The van der Waals surface area contributed by atoms with Crippen LogP contribution in [0.3, 0.4) is 0 Å². The molecule has 0 spiro atoms. The molecule has 1 fully saturated rings. The minimum absolute atomic E-state index is 0.0814. The summed E-state index contributed by atoms with van der Waals surface area (Å²) in [7, 11) is -3.29. The highest BCUT2D eigenvalue weighted by Gasteiger charge is 2.37. The van der Waals surface area contributed by atoms with Crippen molar-refractivity contribution in [1.82, 2.24) is 9.29 Å². The Morgan fingerprint density at radius 3 is 2.68 bits per heavy atom. The largest absolute Gasteiger partial charge is 0.472 e. The summed E-state index contributed by atoms with van der Waals surface area (Å²) < 4.78 is 68.0. The summed E-state index contributed by atoms with van der Waals surface area (Å²) in [4.78, 5) is 3.72. The fourth-order valence-corrected chi connectivity index (χ4v) is 3.68. The Labute approximate surface area is 127 Å². The molecule has 0 aliphatic carbocycles. The molecular formula is C13H17F3N2O3S. The Kier molecular flexibility index (Phi) is 4.96. The molecule has 1 aromatic rings. The number of sulfonamides is 1. The van der Waals surface area contributed by atoms with Crippen molar-refractivity contribution in [2.24, 2.45) is 0 Å². The zero-order valence-electron chi connectivity index (χ0n) is 12.0. The smallest absolute Gasteiger partial charge is 0.416 e. The SMILES string of the molecule is CCCCS(=O)(=O)N1CC(Oc2cc(C(F)(F)F)ccn2)C1. The van der Waals surface area contributed by atoms with E-state index in [-0.39, 0.29) is 24.7 Å². The summed E-state index contributed by atoms with van der Waals surface area (Å²) >= 11 is 0. The first-order valence-electron chi connectivity index (χ1n) is 6.90. The molecule has 1 aliphatic rings. The lowest BCUT2D eigenvalue weighted by molar-refractivity contribution is -0.137. The van der Waals surface area contributed by atoms with Gasteiger partial charge in [0.1, 0.15) is 6.10 Å². The number of nitrogens with zero attached hydrogens (tertiary/aromatic N) is 2. The Morgan fingerprint density at radius 1 is 1.41 bits per heavy atom. The second-order valence-corrected chi connectivity index (χ2v) is 7.20. The number of unbranched alkanes of at least 4 members (excludes halogenated alkanes) is 1. The molecule has 0 aromatic carbocycles. The van der Waals surface area contributed by atoms with Crippen molar-refractivity contribution < 1.29 is 26.3 Å². The molecular weight excluding hydrogens is 321 g/mol. The molecule has 9 heteroatoms. The molecule has 0 bridgehead atoms. The average Bonchev–Trinajstić information content (AvgIpc) is 2.39. The van der Waals surface area contributed by atoms with Crippen LogP contribution < -0.4 is 4.74 Å². The minimum atomic E-state index is -4.46. The van der Waals surface area contributed by atoms with Gasteiger partial charge in [0.05, 0.1) is 24.4 Å². The van der Waals surface area contributed by atoms with Crippen LogP contribution >= 0.6 is 0 Å². The second-order valence-electron chi connectivity index (χ2n) is 5.11. The third-order valence-corrected chi connectivity index (χ3v) is 5.20. The molecule has 0 atom stereocenters. The summed E-state index contributed by atoms with van der Waals surface area (Å²) in [6, 6.07) is 1.67. The van der Waals surface area contributed by atoms with Crippen LogP contribution in [0.5, 0.6) is 5.88 Å². The van der Waals surface area contributed by atoms with Gasteiger partial charge < -0.3 is 4.74 Å². The Bertz CT molecular complexity index is 613. The molecule has 22 heavy (non-hydrogen) atoms. The van der Waals surface area contributed by atoms with Gasteiger partial charge in [-0.2, -0.15) is 17.5 Å². The zero-order valence-corrected chi connectivity index (χ0v) is 12.8. The van der Waals surface area contributed by atoms with Gasteiger partial charge in [-0.05, 0) is 12.5 Å². The van der Waals surface area contributed by atoms with Gasteiger partial charge in [0.15, 0.2) is 0 Å². The maximum Gasteiger partial charge on any atom is 0.416 e. The van der Waals surface area contributed by atoms with Gasteiger partial charge >= 0.3 is 6.18 Å². The van der Waals surface area contributed by atoms with Gasteiger partial charge in [0, 0.05) is 12.3 Å². The molecule has 0 unspecified atom stereocenters. The molecule has 0 radical (unpaired) electrons. The Hall–Kier alpha value is -1.35. The van der Waals surface area contributed by atoms with Crippen LogP contribution in [0.2, 0.25) is 0 Å². The molecule has 2 heterocycles. The van der Waals surface area contributed by atoms with Gasteiger partial charge in [0.2, 0.25) is 15.9 Å². The molecule has 124 valence electrons. The molecule has 1 aromatic heterocycles. The number of ether oxygens (including phenoxy) is 1. The topological polar surface area (TPSA) is 59.5 Å². The quantitative estimate of drug-likeness (QED) is 0.798. The zero-order chi connectivity index (χ0) is 16.4. The first kappa shape index (κ1) is 17.0. The molecule has 1 aliphatic heterocycles. The van der Waals surface area contributed by atoms with Crippen LogP contribution in [-0.2, 0) is 16.2 Å². The fraction of sp³-hybridized carbons (Fsp3) is 0.615. The standard InChI is InChI=1S/C13H17F3N2O3S/c1-2-3-6-22(19,20)18-8-11(9-18)21-12-7-10(4-5-17-12)13(14,15)16/h4-5,7,11H,2-3,6,8-9H2,1H3. The fourth-order valence-electron chi connectivity index (χ4n) is 1.98. The van der Waals surface area contributed by atoms with Crippen molar-refractivity contribution in [3.05, 3.63) is 23.9 Å². The summed E-state index contributed by atoms with van der Waals surface area (Å²) in [5.41, 5.74) is -0.843. The predicted molar refractivity (Wildman–Crippen MR) is 73.9 cm³/mol. The lowest BCUT2D eigenvalue weighted by Gasteiger charge is -2.37. The van der Waals surface area contributed by atoms with Crippen molar-refractivity contribution >= 4 is 10.0 Å². The van der Waals surface area contributed by atoms with E-state index in [1.54, 1.807) is 0 Å². The normalized spacial score (nSPS) is 17.3. The van der Waals surface area contributed by atoms with E-state index in [2.05, 4.69) is 4.98 Å². The van der Waals surface area contributed by atoms with Gasteiger partial charge in [-0.15, -0.1) is 0 Å². The first-order chi connectivity index (χ1) is 10.2. The van der Waals surface area contributed by atoms with E-state index in [0.29, 0.717) is 6.42 Å². The monoisotopic (exact) mass is 338 g/mol. The van der Waals surface area contributed by atoms with Crippen LogP contribution in [0.15, 0.2) is 18.3 Å². The number of pyridine rings is 1. The van der Waals surface area contributed by atoms with E-state index in [4.69, 9.17) is 4.74 Å². The number of hydrogen-bond donors (Lipinski definition) is 0. The number of aromatic nitrogens is 1. The average molecular weight is 338 g/mol. The van der Waals surface area contributed by atoms with E-state index in [0.717, 1.165) is 24.8 Å². The van der Waals surface area contributed by atoms with Crippen LogP contribution in [0.1, 0.15) is 25.3 Å². The van der Waals surface area contributed by atoms with E-state index in [9.17, 15) is 21.6 Å². The van der Waals surface area contributed by atoms with Crippen molar-refractivity contribution in [1.29, 1.82) is 0 Å². The van der Waals surface area contributed by atoms with E-state index < -0.39 is 27.9 Å². The first-order valence-corrected chi connectivity index (χ1v) is 8.51. The second kappa shape index (κ2) is 6.41. The lowest BCUT2D eigenvalue weighted by Crippen LogP contribution is -2.56. The molecule has 2 rings (SSSR count). The Balaban J connectivity index is 1.91. The van der Waals surface area contributed by atoms with Gasteiger partial charge in [-0.25, -0.2) is 13.4 Å². The number of rotatable bonds is 6. The third-order valence-electron chi connectivity index (χ3n) is 3.31. The van der Waals surface area contributed by atoms with Gasteiger partial charge in [-0.1, -0.05) is 13.3 Å². The lowest BCUT2D eigenvalue weighted by atomic mass is 10.2. The van der Waals surface area contributed by atoms with Crippen molar-refractivity contribution in [3.8, 4) is 5.88 Å². The molecule has 0 amide bonds. The molecule has 1 saturated heterocycles. The van der Waals surface area contributed by atoms with Gasteiger partial charge in [-0.3, -0.25) is 0 Å². The summed E-state index contributed by atoms with van der Waals surface area (Å²) in [5.74, 6) is -0.0664. The molecule has 0 N–H and O–H groups in total. The number of alkyl halides is 3. The van der Waals surface area contributed by atoms with E-state index in [1.165, 1.54) is 4.31 Å². The van der Waals surface area contributed by atoms with E-state index in [1.807, 2.05) is 6.92 Å². The maximum absolute atomic E-state index is 12.6. The number of halogens is 3. The maximum atomic E-state index is 12.6. The van der Waals surface area contributed by atoms with Gasteiger partial charge in [0.25, 0.3) is 0 Å². The summed E-state index contributed by atoms with van der Waals surface area (Å²) in [6.07, 6.45) is -2.55. The van der Waals surface area contributed by atoms with Crippen LogP contribution in [-0.4, -0.2) is 42.7 Å². The molecule has 5 nitrogen and oxygen atoms in total. The number of hydrogen-bond acceptors (Lipinski definition) is 4. The van der Waals surface area contributed by atoms with Crippen molar-refractivity contribution in [2.45, 2.75) is 32.0 Å². The Morgan fingerprint density at radius 2 is 2.09 bits per heavy atom. The minimum Gasteiger partial charge on any atom is -0.472 e. The van der Waals surface area contributed by atoms with Crippen molar-refractivity contribution in [3.63, 3.8) is 0 Å². The van der Waals surface area contributed by atoms with Crippen LogP contribution in [0.4, 0.5) is 13.2 Å². The van der Waals surface area contributed by atoms with Crippen LogP contribution in [0, 0.1) is 0 Å². The van der Waals surface area contributed by atoms with E-state index >= 15 is 0 Å². The van der Waals surface area contributed by atoms with Crippen molar-refractivity contribution in [2.75, 3.05) is 18.8 Å². The predicted octanol–water partition coefficient (Wildman–Crippen LogP) is 2.29. The third kappa shape index (κ3) is 4.10.